The third-order valence-electron chi connectivity index (χ3n) is 6.65. The highest BCUT2D eigenvalue weighted by Gasteiger charge is 2.51. The van der Waals surface area contributed by atoms with Crippen LogP contribution in [0.3, 0.4) is 0 Å². The van der Waals surface area contributed by atoms with E-state index in [9.17, 15) is 5.11 Å². The molecule has 116 valence electrons. The van der Waals surface area contributed by atoms with Crippen molar-refractivity contribution >= 4 is 9.24 Å². The Kier molecular flexibility index (Phi) is 4.08. The van der Waals surface area contributed by atoms with Crippen LogP contribution >= 0.6 is 9.24 Å². The van der Waals surface area contributed by atoms with Gasteiger partial charge in [0.1, 0.15) is 5.75 Å². The van der Waals surface area contributed by atoms with Gasteiger partial charge in [0.2, 0.25) is 0 Å². The van der Waals surface area contributed by atoms with Crippen LogP contribution in [0.4, 0.5) is 0 Å². The van der Waals surface area contributed by atoms with E-state index in [1.165, 1.54) is 36.8 Å². The summed E-state index contributed by atoms with van der Waals surface area (Å²) in [7, 11) is 3.12. The third kappa shape index (κ3) is 2.42. The van der Waals surface area contributed by atoms with Crippen molar-refractivity contribution in [3.8, 4) is 5.75 Å². The van der Waals surface area contributed by atoms with Gasteiger partial charge < -0.3 is 5.11 Å². The molecule has 0 spiro atoms. The fourth-order valence-electron chi connectivity index (χ4n) is 5.24. The van der Waals surface area contributed by atoms with Crippen LogP contribution in [0.2, 0.25) is 0 Å². The van der Waals surface area contributed by atoms with Gasteiger partial charge in [0, 0.05) is 0 Å². The van der Waals surface area contributed by atoms with E-state index in [1.807, 2.05) is 12.1 Å². The lowest BCUT2D eigenvalue weighted by molar-refractivity contribution is 0.0835. The largest absolute Gasteiger partial charge is 0.508 e. The molecule has 2 aliphatic rings. The highest BCUT2D eigenvalue weighted by Crippen LogP contribution is 2.60. The summed E-state index contributed by atoms with van der Waals surface area (Å²) >= 11 is 0. The first-order valence-electron chi connectivity index (χ1n) is 8.54. The molecule has 6 atom stereocenters. The van der Waals surface area contributed by atoms with E-state index in [0.717, 1.165) is 23.9 Å². The number of phenols is 1. The molecule has 21 heavy (non-hydrogen) atoms. The Morgan fingerprint density at radius 2 is 2.05 bits per heavy atom. The summed E-state index contributed by atoms with van der Waals surface area (Å²) in [6, 6.07) is 6.04. The summed E-state index contributed by atoms with van der Waals surface area (Å²) in [5.41, 5.74) is 4.17. The van der Waals surface area contributed by atoms with Crippen LogP contribution in [0.25, 0.3) is 0 Å². The van der Waals surface area contributed by atoms with Crippen molar-refractivity contribution in [1.82, 2.24) is 0 Å². The van der Waals surface area contributed by atoms with Gasteiger partial charge in [-0.15, -0.1) is 9.24 Å². The summed E-state index contributed by atoms with van der Waals surface area (Å²) in [5, 5.41) is 9.76. The fourth-order valence-corrected chi connectivity index (χ4v) is 5.84. The molecule has 2 heteroatoms. The lowest BCUT2D eigenvalue weighted by atomic mass is 9.59. The number of fused-ring (bicyclic) bond motifs is 1. The lowest BCUT2D eigenvalue weighted by Crippen LogP contribution is -2.39. The van der Waals surface area contributed by atoms with Crippen molar-refractivity contribution in [1.29, 1.82) is 0 Å². The molecule has 1 nitrogen and oxygen atoms in total. The minimum Gasteiger partial charge on any atom is -0.508 e. The highest BCUT2D eigenvalue weighted by molar-refractivity contribution is 7.17. The first kappa shape index (κ1) is 15.3. The normalized spacial score (nSPS) is 39.2. The second-order valence-corrected chi connectivity index (χ2v) is 8.34. The first-order chi connectivity index (χ1) is 9.97. The summed E-state index contributed by atoms with van der Waals surface area (Å²) in [6.07, 6.45) is 6.43. The number of aryl methyl sites for hydroxylation is 1. The van der Waals surface area contributed by atoms with E-state index in [0.29, 0.717) is 17.1 Å². The van der Waals surface area contributed by atoms with Gasteiger partial charge in [0.25, 0.3) is 0 Å². The molecule has 0 aliphatic heterocycles. The van der Waals surface area contributed by atoms with Crippen molar-refractivity contribution in [3.63, 3.8) is 0 Å². The topological polar surface area (TPSA) is 20.2 Å². The Morgan fingerprint density at radius 1 is 1.29 bits per heavy atom. The van der Waals surface area contributed by atoms with E-state index in [2.05, 4.69) is 36.1 Å². The zero-order valence-electron chi connectivity index (χ0n) is 13.6. The highest BCUT2D eigenvalue weighted by atomic mass is 31.0. The maximum absolute atomic E-state index is 9.76. The Hall–Kier alpha value is -0.550. The van der Waals surface area contributed by atoms with Gasteiger partial charge in [0.05, 0.1) is 0 Å². The monoisotopic (exact) mass is 304 g/mol. The van der Waals surface area contributed by atoms with E-state index >= 15 is 0 Å². The zero-order chi connectivity index (χ0) is 15.2. The Labute approximate surface area is 131 Å². The van der Waals surface area contributed by atoms with Gasteiger partial charge >= 0.3 is 0 Å². The van der Waals surface area contributed by atoms with Crippen molar-refractivity contribution in [3.05, 3.63) is 29.3 Å². The third-order valence-corrected chi connectivity index (χ3v) is 7.75. The molecule has 1 N–H and O–H groups in total. The number of rotatable bonds is 2. The first-order valence-corrected chi connectivity index (χ1v) is 9.21. The molecule has 2 aliphatic carbocycles. The van der Waals surface area contributed by atoms with Gasteiger partial charge in [0.15, 0.2) is 0 Å². The van der Waals surface area contributed by atoms with Crippen LogP contribution in [0.15, 0.2) is 18.2 Å². The molecule has 0 bridgehead atoms. The number of benzene rings is 1. The van der Waals surface area contributed by atoms with E-state index in [4.69, 9.17) is 0 Å². The SMILES string of the molecule is CCc1cc(O)ccc1C1CCC2(C)C(P)CCC2C1C. The molecule has 0 heterocycles. The number of aromatic hydroxyl groups is 1. The summed E-state index contributed by atoms with van der Waals surface area (Å²) in [6.45, 7) is 7.19. The summed E-state index contributed by atoms with van der Waals surface area (Å²) in [5.74, 6) is 2.70. The predicted octanol–water partition coefficient (Wildman–Crippen LogP) is 5.13. The molecular formula is C19H29OP. The molecule has 2 fully saturated rings. The van der Waals surface area contributed by atoms with Gasteiger partial charge in [-0.2, -0.15) is 0 Å². The number of phenolic OH excluding ortho intramolecular Hbond substituents is 1. The van der Waals surface area contributed by atoms with Crippen LogP contribution in [0.5, 0.6) is 5.75 Å². The minimum atomic E-state index is 0.412. The molecule has 0 aromatic heterocycles. The quantitative estimate of drug-likeness (QED) is 0.751. The van der Waals surface area contributed by atoms with Gasteiger partial charge in [-0.1, -0.05) is 26.8 Å². The average molecular weight is 304 g/mol. The molecule has 6 unspecified atom stereocenters. The van der Waals surface area contributed by atoms with Crippen LogP contribution in [-0.4, -0.2) is 10.8 Å². The molecule has 1 aromatic carbocycles. The molecule has 2 saturated carbocycles. The maximum atomic E-state index is 9.76. The van der Waals surface area contributed by atoms with Crippen molar-refractivity contribution in [2.45, 2.75) is 64.5 Å². The predicted molar refractivity (Wildman–Crippen MR) is 93.0 cm³/mol. The molecule has 1 aromatic rings. The van der Waals surface area contributed by atoms with E-state index in [1.54, 1.807) is 0 Å². The second kappa shape index (κ2) is 5.58. The van der Waals surface area contributed by atoms with Crippen molar-refractivity contribution in [2.24, 2.45) is 17.3 Å². The van der Waals surface area contributed by atoms with Gasteiger partial charge in [-0.25, -0.2) is 0 Å². The fraction of sp³-hybridized carbons (Fsp3) is 0.684. The van der Waals surface area contributed by atoms with Crippen LogP contribution < -0.4 is 0 Å². The smallest absolute Gasteiger partial charge is 0.115 e. The molecule has 3 rings (SSSR count). The molecular weight excluding hydrogens is 275 g/mol. The lowest BCUT2D eigenvalue weighted by Gasteiger charge is -2.47. The minimum absolute atomic E-state index is 0.412. The van der Waals surface area contributed by atoms with Crippen LogP contribution in [0.1, 0.15) is 63.5 Å². The Balaban J connectivity index is 1.92. The standard InChI is InChI=1S/C19H29OP/c1-4-13-11-14(20)5-6-16(13)15-9-10-19(3)17(12(15)2)7-8-18(19)21/h5-6,11-12,15,17-18,20H,4,7-10,21H2,1-3H3. The molecule has 0 radical (unpaired) electrons. The number of hydrogen-bond acceptors (Lipinski definition) is 1. The van der Waals surface area contributed by atoms with Crippen molar-refractivity contribution < 1.29 is 5.11 Å². The van der Waals surface area contributed by atoms with Gasteiger partial charge in [-0.05, 0) is 84.2 Å². The molecule has 0 saturated heterocycles. The van der Waals surface area contributed by atoms with Gasteiger partial charge in [-0.3, -0.25) is 0 Å². The van der Waals surface area contributed by atoms with E-state index in [-0.39, 0.29) is 0 Å². The van der Waals surface area contributed by atoms with Crippen LogP contribution in [-0.2, 0) is 6.42 Å². The number of hydrogen-bond donors (Lipinski definition) is 1. The average Bonchev–Trinajstić information content (AvgIpc) is 2.77. The Bertz CT molecular complexity index is 526. The summed E-state index contributed by atoms with van der Waals surface area (Å²) < 4.78 is 0. The van der Waals surface area contributed by atoms with E-state index < -0.39 is 0 Å². The molecule has 0 amide bonds. The Morgan fingerprint density at radius 3 is 2.76 bits per heavy atom. The van der Waals surface area contributed by atoms with Crippen molar-refractivity contribution in [2.75, 3.05) is 0 Å². The second-order valence-electron chi connectivity index (χ2n) is 7.54. The maximum Gasteiger partial charge on any atom is 0.115 e. The van der Waals surface area contributed by atoms with Crippen LogP contribution in [0, 0.1) is 17.3 Å². The zero-order valence-corrected chi connectivity index (χ0v) is 14.8. The summed E-state index contributed by atoms with van der Waals surface area (Å²) in [4.78, 5) is 0.